The lowest BCUT2D eigenvalue weighted by atomic mass is 9.71. The van der Waals surface area contributed by atoms with Crippen LogP contribution in [0.15, 0.2) is 18.2 Å². The number of nitrogens with zero attached hydrogens (tertiary/aromatic N) is 1. The molecule has 1 heterocycles. The van der Waals surface area contributed by atoms with Crippen LogP contribution in [-0.4, -0.2) is 16.7 Å². The molecule has 0 saturated carbocycles. The first-order valence-corrected chi connectivity index (χ1v) is 8.13. The van der Waals surface area contributed by atoms with E-state index in [4.69, 9.17) is 27.9 Å². The molecule has 0 amide bonds. The van der Waals surface area contributed by atoms with Crippen LogP contribution in [0.25, 0.3) is 0 Å². The average molecular weight is 341 g/mol. The van der Waals surface area contributed by atoms with Crippen molar-refractivity contribution in [2.45, 2.75) is 63.6 Å². The molecule has 1 N–H and O–H groups in total. The average Bonchev–Trinajstić information content (AvgIpc) is 2.29. The summed E-state index contributed by atoms with van der Waals surface area (Å²) in [7, 11) is 0. The van der Waals surface area contributed by atoms with Crippen molar-refractivity contribution in [3.8, 4) is 11.8 Å². The second-order valence-electron chi connectivity index (χ2n) is 7.44. The van der Waals surface area contributed by atoms with E-state index < -0.39 is 5.60 Å². The number of benzene rings is 1. The molecule has 2 rings (SSSR count). The Morgan fingerprint density at radius 2 is 1.73 bits per heavy atom. The van der Waals surface area contributed by atoms with Crippen LogP contribution in [0.1, 0.15) is 47.0 Å². The number of halogens is 2. The van der Waals surface area contributed by atoms with Crippen molar-refractivity contribution in [1.29, 1.82) is 5.26 Å². The maximum atomic E-state index is 9.30. The third kappa shape index (κ3) is 4.07. The van der Waals surface area contributed by atoms with Gasteiger partial charge in [0.2, 0.25) is 0 Å². The van der Waals surface area contributed by atoms with Gasteiger partial charge in [0.1, 0.15) is 11.4 Å². The first-order chi connectivity index (χ1) is 10.1. The van der Waals surface area contributed by atoms with Crippen LogP contribution >= 0.6 is 23.2 Å². The summed E-state index contributed by atoms with van der Waals surface area (Å²) in [6, 6.07) is 7.52. The minimum Gasteiger partial charge on any atom is -0.486 e. The van der Waals surface area contributed by atoms with Crippen molar-refractivity contribution in [1.82, 2.24) is 5.32 Å². The Morgan fingerprint density at radius 3 is 2.23 bits per heavy atom. The van der Waals surface area contributed by atoms with Gasteiger partial charge in [-0.3, -0.25) is 0 Å². The monoisotopic (exact) mass is 340 g/mol. The van der Waals surface area contributed by atoms with Crippen molar-refractivity contribution in [3.05, 3.63) is 28.2 Å². The molecule has 1 aliphatic rings. The molecule has 0 radical (unpaired) electrons. The summed E-state index contributed by atoms with van der Waals surface area (Å²) in [6.45, 7) is 8.55. The molecule has 3 nitrogen and oxygen atoms in total. The second kappa shape index (κ2) is 5.92. The number of rotatable bonds is 3. The predicted molar refractivity (Wildman–Crippen MR) is 90.6 cm³/mol. The standard InChI is InChI=1S/C17H22Cl2N2O/c1-15(2)10-17(7-8-20,11-16(3,4)21-15)22-12-5-6-13(18)14(19)9-12/h5-6,9,21H,7,10-11H2,1-4H3. The van der Waals surface area contributed by atoms with Gasteiger partial charge in [-0.2, -0.15) is 5.26 Å². The van der Waals surface area contributed by atoms with Gasteiger partial charge >= 0.3 is 0 Å². The zero-order valence-electron chi connectivity index (χ0n) is 13.5. The molecule has 0 unspecified atom stereocenters. The largest absolute Gasteiger partial charge is 0.486 e. The van der Waals surface area contributed by atoms with Gasteiger partial charge in [0.05, 0.1) is 22.5 Å². The summed E-state index contributed by atoms with van der Waals surface area (Å²) in [4.78, 5) is 0. The highest BCUT2D eigenvalue weighted by atomic mass is 35.5. The Bertz CT molecular complexity index is 589. The van der Waals surface area contributed by atoms with Crippen LogP contribution in [0, 0.1) is 11.3 Å². The van der Waals surface area contributed by atoms with Gasteiger partial charge in [0.15, 0.2) is 0 Å². The molecule has 0 aromatic heterocycles. The molecular formula is C17H22Cl2N2O. The summed E-state index contributed by atoms with van der Waals surface area (Å²) in [5.74, 6) is 0.651. The quantitative estimate of drug-likeness (QED) is 0.845. The predicted octanol–water partition coefficient (Wildman–Crippen LogP) is 4.97. The Labute approximate surface area is 142 Å². The van der Waals surface area contributed by atoms with Gasteiger partial charge in [-0.1, -0.05) is 23.2 Å². The maximum absolute atomic E-state index is 9.30. The summed E-state index contributed by atoms with van der Waals surface area (Å²) in [5, 5.41) is 13.9. The lowest BCUT2D eigenvalue weighted by Gasteiger charge is -2.52. The molecule has 1 aromatic carbocycles. The zero-order chi connectivity index (χ0) is 16.6. The van der Waals surface area contributed by atoms with E-state index in [-0.39, 0.29) is 11.1 Å². The van der Waals surface area contributed by atoms with Crippen LogP contribution in [0.5, 0.6) is 5.75 Å². The molecule has 1 saturated heterocycles. The highest BCUT2D eigenvalue weighted by Gasteiger charge is 2.48. The first kappa shape index (κ1) is 17.4. The highest BCUT2D eigenvalue weighted by molar-refractivity contribution is 6.42. The minimum absolute atomic E-state index is 0.116. The van der Waals surface area contributed by atoms with E-state index in [1.54, 1.807) is 18.2 Å². The van der Waals surface area contributed by atoms with Crippen LogP contribution in [0.4, 0.5) is 0 Å². The molecule has 1 aliphatic heterocycles. The number of hydrogen-bond acceptors (Lipinski definition) is 3. The zero-order valence-corrected chi connectivity index (χ0v) is 15.0. The second-order valence-corrected chi connectivity index (χ2v) is 8.26. The topological polar surface area (TPSA) is 45.0 Å². The van der Waals surface area contributed by atoms with E-state index >= 15 is 0 Å². The van der Waals surface area contributed by atoms with E-state index in [9.17, 15) is 5.26 Å². The third-order valence-corrected chi connectivity index (χ3v) is 4.57. The Hall–Kier alpha value is -0.950. The molecule has 0 bridgehead atoms. The van der Waals surface area contributed by atoms with Crippen molar-refractivity contribution in [2.24, 2.45) is 0 Å². The molecule has 0 aliphatic carbocycles. The van der Waals surface area contributed by atoms with Crippen LogP contribution in [-0.2, 0) is 0 Å². The maximum Gasteiger partial charge on any atom is 0.125 e. The van der Waals surface area contributed by atoms with E-state index in [0.29, 0.717) is 22.2 Å². The minimum atomic E-state index is -0.538. The van der Waals surface area contributed by atoms with Crippen molar-refractivity contribution < 1.29 is 4.74 Å². The lowest BCUT2D eigenvalue weighted by molar-refractivity contribution is -0.0324. The number of hydrogen-bond donors (Lipinski definition) is 1. The number of ether oxygens (including phenoxy) is 1. The van der Waals surface area contributed by atoms with Gasteiger partial charge in [0, 0.05) is 30.0 Å². The molecule has 1 fully saturated rings. The third-order valence-electron chi connectivity index (χ3n) is 3.83. The highest BCUT2D eigenvalue weighted by Crippen LogP contribution is 2.41. The number of nitriles is 1. The van der Waals surface area contributed by atoms with Crippen molar-refractivity contribution in [3.63, 3.8) is 0 Å². The lowest BCUT2D eigenvalue weighted by Crippen LogP contribution is -2.65. The molecule has 1 aromatic rings. The molecule has 0 atom stereocenters. The van der Waals surface area contributed by atoms with Crippen molar-refractivity contribution >= 4 is 23.2 Å². The fourth-order valence-electron chi connectivity index (χ4n) is 3.85. The molecular weight excluding hydrogens is 319 g/mol. The molecule has 0 spiro atoms. The number of nitrogens with one attached hydrogen (secondary N) is 1. The fourth-order valence-corrected chi connectivity index (χ4v) is 4.13. The van der Waals surface area contributed by atoms with Gasteiger partial charge in [-0.05, 0) is 39.8 Å². The van der Waals surface area contributed by atoms with Crippen LogP contribution < -0.4 is 10.1 Å². The van der Waals surface area contributed by atoms with Crippen LogP contribution in [0.3, 0.4) is 0 Å². The smallest absolute Gasteiger partial charge is 0.125 e. The van der Waals surface area contributed by atoms with E-state index in [1.165, 1.54) is 0 Å². The molecule has 5 heteroatoms. The van der Waals surface area contributed by atoms with Crippen molar-refractivity contribution in [2.75, 3.05) is 0 Å². The van der Waals surface area contributed by atoms with E-state index in [0.717, 1.165) is 12.8 Å². The Balaban J connectivity index is 2.35. The van der Waals surface area contributed by atoms with E-state index in [2.05, 4.69) is 39.1 Å². The van der Waals surface area contributed by atoms with Gasteiger partial charge in [-0.15, -0.1) is 0 Å². The normalized spacial score (nSPS) is 21.9. The Kier molecular flexibility index (Phi) is 4.69. The SMILES string of the molecule is CC1(C)CC(CC#N)(Oc2ccc(Cl)c(Cl)c2)CC(C)(C)N1. The summed E-state index contributed by atoms with van der Waals surface area (Å²) < 4.78 is 6.28. The molecule has 120 valence electrons. The number of piperidine rings is 1. The fraction of sp³-hybridized carbons (Fsp3) is 0.588. The first-order valence-electron chi connectivity index (χ1n) is 7.37. The van der Waals surface area contributed by atoms with Gasteiger partial charge < -0.3 is 10.1 Å². The Morgan fingerprint density at radius 1 is 1.14 bits per heavy atom. The summed E-state index contributed by atoms with van der Waals surface area (Å²) in [5.41, 5.74) is -0.770. The summed E-state index contributed by atoms with van der Waals surface area (Å²) in [6.07, 6.45) is 1.83. The van der Waals surface area contributed by atoms with Gasteiger partial charge in [-0.25, -0.2) is 0 Å². The van der Waals surface area contributed by atoms with Gasteiger partial charge in [0.25, 0.3) is 0 Å². The summed E-state index contributed by atoms with van der Waals surface area (Å²) >= 11 is 12.0. The molecule has 22 heavy (non-hydrogen) atoms. The van der Waals surface area contributed by atoms with Crippen LogP contribution in [0.2, 0.25) is 10.0 Å². The van der Waals surface area contributed by atoms with E-state index in [1.807, 2.05) is 0 Å².